The maximum absolute atomic E-state index is 15.0. The van der Waals surface area contributed by atoms with E-state index in [0.717, 1.165) is 46.5 Å². The van der Waals surface area contributed by atoms with Crippen molar-refractivity contribution in [1.29, 1.82) is 0 Å². The molecule has 7 heteroatoms. The number of nitrogens with one attached hydrogen (secondary N) is 1. The predicted molar refractivity (Wildman–Crippen MR) is 129 cm³/mol. The molecule has 3 aromatic rings. The monoisotopic (exact) mass is 452 g/mol. The van der Waals surface area contributed by atoms with Crippen molar-refractivity contribution in [2.75, 3.05) is 30.3 Å². The summed E-state index contributed by atoms with van der Waals surface area (Å²) in [5.74, 6) is 0.915. The zero-order valence-electron chi connectivity index (χ0n) is 18.5. The van der Waals surface area contributed by atoms with Crippen molar-refractivity contribution in [2.45, 2.75) is 39.0 Å². The number of carbonyl (C=O) groups excluding carboxylic acids is 1. The van der Waals surface area contributed by atoms with Crippen LogP contribution >= 0.6 is 11.3 Å². The molecule has 5 rings (SSSR count). The maximum atomic E-state index is 15.0. The molecule has 2 unspecified atom stereocenters. The van der Waals surface area contributed by atoms with Crippen molar-refractivity contribution in [3.8, 4) is 0 Å². The highest BCUT2D eigenvalue weighted by Gasteiger charge is 2.33. The van der Waals surface area contributed by atoms with Gasteiger partial charge in [-0.15, -0.1) is 11.3 Å². The molecule has 3 N–H and O–H groups in total. The van der Waals surface area contributed by atoms with E-state index in [-0.39, 0.29) is 17.6 Å². The van der Waals surface area contributed by atoms with E-state index in [4.69, 9.17) is 5.73 Å². The lowest BCUT2D eigenvalue weighted by Crippen LogP contribution is -2.36. The van der Waals surface area contributed by atoms with Gasteiger partial charge in [0, 0.05) is 42.3 Å². The van der Waals surface area contributed by atoms with Crippen LogP contribution in [0.15, 0.2) is 30.3 Å². The van der Waals surface area contributed by atoms with E-state index in [9.17, 15) is 9.18 Å². The lowest BCUT2D eigenvalue weighted by Gasteiger charge is -2.34. The van der Waals surface area contributed by atoms with Crippen LogP contribution in [0.4, 0.5) is 15.8 Å². The smallest absolute Gasteiger partial charge is 0.263 e. The first kappa shape index (κ1) is 21.2. The second-order valence-corrected chi connectivity index (χ2v) is 10.4. The molecule has 1 aliphatic heterocycles. The Bertz CT molecular complexity index is 1160. The first-order valence-electron chi connectivity index (χ1n) is 11.4. The molecule has 2 aromatic heterocycles. The highest BCUT2D eigenvalue weighted by molar-refractivity contribution is 7.21. The Labute approximate surface area is 191 Å². The molecule has 32 heavy (non-hydrogen) atoms. The predicted octanol–water partition coefficient (Wildman–Crippen LogP) is 5.10. The number of amides is 1. The summed E-state index contributed by atoms with van der Waals surface area (Å²) in [5, 5.41) is 3.72. The third kappa shape index (κ3) is 3.94. The lowest BCUT2D eigenvalue weighted by atomic mass is 9.96. The summed E-state index contributed by atoms with van der Waals surface area (Å²) in [7, 11) is 0. The second-order valence-electron chi connectivity index (χ2n) is 9.42. The fourth-order valence-corrected chi connectivity index (χ4v) is 6.28. The highest BCUT2D eigenvalue weighted by atomic mass is 32.1. The van der Waals surface area contributed by atoms with Crippen LogP contribution in [-0.2, 0) is 0 Å². The van der Waals surface area contributed by atoms with Gasteiger partial charge in [0.25, 0.3) is 5.91 Å². The number of nitrogen functional groups attached to an aromatic ring is 1. The zero-order valence-corrected chi connectivity index (χ0v) is 19.3. The number of hydrogen-bond donors (Lipinski definition) is 2. The van der Waals surface area contributed by atoms with E-state index >= 15 is 0 Å². The number of piperidine rings is 1. The molecule has 1 saturated carbocycles. The number of halogens is 1. The van der Waals surface area contributed by atoms with Gasteiger partial charge in [-0.05, 0) is 67.9 Å². The highest BCUT2D eigenvalue weighted by Crippen LogP contribution is 2.38. The number of hydrogen-bond acceptors (Lipinski definition) is 5. The van der Waals surface area contributed by atoms with Gasteiger partial charge in [-0.25, -0.2) is 9.37 Å². The van der Waals surface area contributed by atoms with Crippen molar-refractivity contribution in [3.05, 3.63) is 52.3 Å². The summed E-state index contributed by atoms with van der Waals surface area (Å²) in [6.07, 6.45) is 3.94. The Morgan fingerprint density at radius 3 is 2.75 bits per heavy atom. The van der Waals surface area contributed by atoms with Crippen molar-refractivity contribution in [1.82, 2.24) is 10.3 Å². The summed E-state index contributed by atoms with van der Waals surface area (Å²) in [6, 6.07) is 9.35. The van der Waals surface area contributed by atoms with Gasteiger partial charge < -0.3 is 16.0 Å². The molecule has 1 amide bonds. The molecule has 2 aliphatic rings. The van der Waals surface area contributed by atoms with Crippen LogP contribution in [-0.4, -0.2) is 30.5 Å². The van der Waals surface area contributed by atoms with Crippen molar-refractivity contribution in [2.24, 2.45) is 11.8 Å². The van der Waals surface area contributed by atoms with E-state index in [1.807, 2.05) is 38.1 Å². The molecule has 168 valence electrons. The van der Waals surface area contributed by atoms with Crippen LogP contribution in [0.1, 0.15) is 53.0 Å². The van der Waals surface area contributed by atoms with Crippen molar-refractivity contribution >= 4 is 38.8 Å². The fraction of sp³-hybridized carbons (Fsp3) is 0.440. The minimum Gasteiger partial charge on any atom is -0.397 e. The van der Waals surface area contributed by atoms with E-state index in [2.05, 4.69) is 15.2 Å². The Kier molecular flexibility index (Phi) is 5.53. The number of nitrogens with two attached hydrogens (primary N) is 1. The average Bonchev–Trinajstić information content (AvgIpc) is 3.29. The number of aromatic nitrogens is 1. The first-order valence-corrected chi connectivity index (χ1v) is 12.2. The molecule has 1 saturated heterocycles. The normalized spacial score (nSPS) is 21.2. The van der Waals surface area contributed by atoms with Gasteiger partial charge >= 0.3 is 0 Å². The average molecular weight is 453 g/mol. The number of benzene rings is 1. The Morgan fingerprint density at radius 2 is 2.03 bits per heavy atom. The standard InChI is InChI=1S/C25H29FN4OS/c1-14(11-28-24(31)23-22(27)20-7-3-15(2)29-25(20)32-23)19-8-6-18(10-21(19)26)30-12-16-4-5-17(9-16)13-30/h3,6-8,10,14,16-17H,4-5,9,11-13,27H2,1-2H3,(H,28,31)/t14-,16?,17?/m0/s1. The number of fused-ring (bicyclic) bond motifs is 3. The molecule has 0 radical (unpaired) electrons. The summed E-state index contributed by atoms with van der Waals surface area (Å²) >= 11 is 1.29. The van der Waals surface area contributed by atoms with Gasteiger partial charge in [0.2, 0.25) is 0 Å². The molecule has 1 aromatic carbocycles. The summed E-state index contributed by atoms with van der Waals surface area (Å²) in [5.41, 5.74) is 9.12. The van der Waals surface area contributed by atoms with Gasteiger partial charge in [-0.2, -0.15) is 0 Å². The summed E-state index contributed by atoms with van der Waals surface area (Å²) in [4.78, 5) is 20.8. The molecule has 3 heterocycles. The van der Waals surface area contributed by atoms with Crippen LogP contribution in [0.3, 0.4) is 0 Å². The first-order chi connectivity index (χ1) is 15.4. The van der Waals surface area contributed by atoms with Crippen LogP contribution < -0.4 is 16.0 Å². The van der Waals surface area contributed by atoms with Crippen molar-refractivity contribution < 1.29 is 9.18 Å². The van der Waals surface area contributed by atoms with Gasteiger partial charge in [-0.1, -0.05) is 13.0 Å². The number of anilines is 2. The molecule has 3 atom stereocenters. The molecular formula is C25H29FN4OS. The molecule has 2 fully saturated rings. The molecular weight excluding hydrogens is 423 g/mol. The van der Waals surface area contributed by atoms with Crippen LogP contribution in [0.25, 0.3) is 10.2 Å². The number of nitrogens with zero attached hydrogens (tertiary/aromatic N) is 2. The lowest BCUT2D eigenvalue weighted by molar-refractivity contribution is 0.0956. The van der Waals surface area contributed by atoms with Gasteiger partial charge in [0.05, 0.1) is 5.69 Å². The summed E-state index contributed by atoms with van der Waals surface area (Å²) < 4.78 is 15.0. The van der Waals surface area contributed by atoms with Gasteiger partial charge in [0.15, 0.2) is 0 Å². The maximum Gasteiger partial charge on any atom is 0.263 e. The minimum atomic E-state index is -0.240. The summed E-state index contributed by atoms with van der Waals surface area (Å²) in [6.45, 7) is 6.24. The number of aryl methyl sites for hydroxylation is 1. The van der Waals surface area contributed by atoms with E-state index in [0.29, 0.717) is 22.7 Å². The number of pyridine rings is 1. The van der Waals surface area contributed by atoms with E-state index in [1.165, 1.54) is 30.6 Å². The SMILES string of the molecule is Cc1ccc2c(N)c(C(=O)NC[C@H](C)c3ccc(N4CC5CCC(C5)C4)cc3F)sc2n1. The van der Waals surface area contributed by atoms with Crippen molar-refractivity contribution in [3.63, 3.8) is 0 Å². The third-order valence-corrected chi connectivity index (χ3v) is 8.11. The third-order valence-electron chi connectivity index (χ3n) is 7.00. The minimum absolute atomic E-state index is 0.151. The Hall–Kier alpha value is -2.67. The van der Waals surface area contributed by atoms with Gasteiger partial charge in [0.1, 0.15) is 15.5 Å². The van der Waals surface area contributed by atoms with E-state index in [1.54, 1.807) is 6.07 Å². The number of thiophene rings is 1. The molecule has 0 spiro atoms. The van der Waals surface area contributed by atoms with Crippen LogP contribution in [0, 0.1) is 24.6 Å². The molecule has 5 nitrogen and oxygen atoms in total. The van der Waals surface area contributed by atoms with Crippen LogP contribution in [0.5, 0.6) is 0 Å². The Balaban J connectivity index is 1.25. The van der Waals surface area contributed by atoms with Gasteiger partial charge in [-0.3, -0.25) is 4.79 Å². The molecule has 1 aliphatic carbocycles. The fourth-order valence-electron chi connectivity index (χ4n) is 5.23. The second kappa shape index (κ2) is 8.35. The molecule has 2 bridgehead atoms. The topological polar surface area (TPSA) is 71.2 Å². The quantitative estimate of drug-likeness (QED) is 0.565. The largest absolute Gasteiger partial charge is 0.397 e. The van der Waals surface area contributed by atoms with E-state index < -0.39 is 0 Å². The number of rotatable bonds is 5. The zero-order chi connectivity index (χ0) is 22.4. The Morgan fingerprint density at radius 1 is 1.28 bits per heavy atom. The van der Waals surface area contributed by atoms with Crippen LogP contribution in [0.2, 0.25) is 0 Å². The number of carbonyl (C=O) groups is 1.